The van der Waals surface area contributed by atoms with Gasteiger partial charge in [0.05, 0.1) is 4.90 Å². The first-order valence-electron chi connectivity index (χ1n) is 9.44. The molecule has 6 nitrogen and oxygen atoms in total. The Kier molecular flexibility index (Phi) is 5.86. The number of rotatable bonds is 5. The average Bonchev–Trinajstić information content (AvgIpc) is 3.30. The van der Waals surface area contributed by atoms with Crippen LogP contribution in [0.3, 0.4) is 0 Å². The van der Waals surface area contributed by atoms with E-state index in [1.807, 2.05) is 6.92 Å². The van der Waals surface area contributed by atoms with Crippen molar-refractivity contribution in [1.29, 1.82) is 0 Å². The highest BCUT2D eigenvalue weighted by atomic mass is 79.9. The first-order valence-corrected chi connectivity index (χ1v) is 11.8. The van der Waals surface area contributed by atoms with Crippen LogP contribution in [0, 0.1) is 6.92 Å². The third-order valence-electron chi connectivity index (χ3n) is 5.00. The Labute approximate surface area is 185 Å². The number of ether oxygens (including phenoxy) is 1. The zero-order chi connectivity index (χ0) is 22.3. The quantitative estimate of drug-likeness (QED) is 0.631. The SMILES string of the molecule is Cc1ccc(S(=O)(=O)[C@@H]2[C@@H](c3ccc(Br)cc3)[C@@]2(C=O)NC(=O)OC(C)(C)C)cc1. The lowest BCUT2D eigenvalue weighted by Gasteiger charge is -2.22. The molecule has 0 aromatic heterocycles. The van der Waals surface area contributed by atoms with E-state index in [2.05, 4.69) is 21.2 Å². The number of benzene rings is 2. The molecule has 160 valence electrons. The number of hydrogen-bond donors (Lipinski definition) is 1. The van der Waals surface area contributed by atoms with Gasteiger partial charge < -0.3 is 14.8 Å². The minimum Gasteiger partial charge on any atom is -0.444 e. The van der Waals surface area contributed by atoms with Gasteiger partial charge in [-0.25, -0.2) is 13.2 Å². The Morgan fingerprint density at radius 3 is 2.17 bits per heavy atom. The molecular formula is C22H24BrNO5S. The van der Waals surface area contributed by atoms with Crippen LogP contribution in [0.5, 0.6) is 0 Å². The maximum atomic E-state index is 13.4. The lowest BCUT2D eigenvalue weighted by Crippen LogP contribution is -2.45. The molecule has 1 amide bonds. The van der Waals surface area contributed by atoms with E-state index >= 15 is 0 Å². The normalized spacial score (nSPS) is 23.5. The Bertz CT molecular complexity index is 1060. The summed E-state index contributed by atoms with van der Waals surface area (Å²) in [5.41, 5.74) is -0.841. The summed E-state index contributed by atoms with van der Waals surface area (Å²) >= 11 is 3.35. The van der Waals surface area contributed by atoms with Crippen molar-refractivity contribution in [3.63, 3.8) is 0 Å². The third kappa shape index (κ3) is 4.30. The summed E-state index contributed by atoms with van der Waals surface area (Å²) in [5.74, 6) is -0.734. The summed E-state index contributed by atoms with van der Waals surface area (Å²) in [6.45, 7) is 6.94. The number of halogens is 1. The Morgan fingerprint density at radius 2 is 1.67 bits per heavy atom. The van der Waals surface area contributed by atoms with Crippen molar-refractivity contribution in [3.8, 4) is 0 Å². The number of aldehydes is 1. The fraction of sp³-hybridized carbons (Fsp3) is 0.364. The van der Waals surface area contributed by atoms with E-state index < -0.39 is 38.2 Å². The first-order chi connectivity index (χ1) is 13.9. The molecule has 0 bridgehead atoms. The monoisotopic (exact) mass is 493 g/mol. The fourth-order valence-electron chi connectivity index (χ4n) is 3.60. The van der Waals surface area contributed by atoms with Gasteiger partial charge in [0.2, 0.25) is 0 Å². The molecule has 0 spiro atoms. The highest BCUT2D eigenvalue weighted by Gasteiger charge is 2.73. The minimum absolute atomic E-state index is 0.106. The van der Waals surface area contributed by atoms with Crippen LogP contribution in [-0.4, -0.2) is 37.2 Å². The zero-order valence-corrected chi connectivity index (χ0v) is 19.6. The van der Waals surface area contributed by atoms with Crippen molar-refractivity contribution in [2.75, 3.05) is 0 Å². The zero-order valence-electron chi connectivity index (χ0n) is 17.2. The molecule has 0 unspecified atom stereocenters. The van der Waals surface area contributed by atoms with Crippen molar-refractivity contribution in [1.82, 2.24) is 5.32 Å². The predicted molar refractivity (Wildman–Crippen MR) is 117 cm³/mol. The standard InChI is InChI=1S/C22H24BrNO5S/c1-14-5-11-17(12-6-14)30(27,28)19-18(15-7-9-16(23)10-8-15)22(19,13-25)24-20(26)29-21(2,3)4/h5-13,18-19H,1-4H3,(H,24,26)/t18-,19-,22-/m1/s1. The van der Waals surface area contributed by atoms with Crippen LogP contribution in [0.1, 0.15) is 37.8 Å². The van der Waals surface area contributed by atoms with Gasteiger partial charge in [0.15, 0.2) is 9.84 Å². The number of carbonyl (C=O) groups is 2. The molecule has 0 saturated heterocycles. The van der Waals surface area contributed by atoms with E-state index in [-0.39, 0.29) is 4.90 Å². The van der Waals surface area contributed by atoms with Gasteiger partial charge in [-0.3, -0.25) is 0 Å². The molecule has 2 aromatic carbocycles. The van der Waals surface area contributed by atoms with Crippen molar-refractivity contribution in [3.05, 3.63) is 64.1 Å². The molecule has 1 N–H and O–H groups in total. The second-order valence-electron chi connectivity index (χ2n) is 8.49. The predicted octanol–water partition coefficient (Wildman–Crippen LogP) is 4.16. The highest BCUT2D eigenvalue weighted by molar-refractivity contribution is 9.10. The van der Waals surface area contributed by atoms with Gasteiger partial charge >= 0.3 is 6.09 Å². The maximum absolute atomic E-state index is 13.4. The molecule has 8 heteroatoms. The van der Waals surface area contributed by atoms with Gasteiger partial charge in [-0.1, -0.05) is 45.8 Å². The first kappa shape index (κ1) is 22.5. The van der Waals surface area contributed by atoms with Crippen LogP contribution in [0.4, 0.5) is 4.79 Å². The molecule has 3 atom stereocenters. The van der Waals surface area contributed by atoms with Crippen LogP contribution < -0.4 is 5.32 Å². The fourth-order valence-corrected chi connectivity index (χ4v) is 6.11. The van der Waals surface area contributed by atoms with Gasteiger partial charge in [0.1, 0.15) is 22.7 Å². The summed E-state index contributed by atoms with van der Waals surface area (Å²) in [7, 11) is -3.91. The number of carbonyl (C=O) groups excluding carboxylic acids is 2. The van der Waals surface area contributed by atoms with Crippen molar-refractivity contribution in [2.45, 2.75) is 54.9 Å². The molecule has 30 heavy (non-hydrogen) atoms. The molecule has 1 aliphatic carbocycles. The molecule has 1 fully saturated rings. The summed E-state index contributed by atoms with van der Waals surface area (Å²) in [4.78, 5) is 24.8. The van der Waals surface area contributed by atoms with E-state index in [9.17, 15) is 18.0 Å². The second-order valence-corrected chi connectivity index (χ2v) is 11.5. The molecular weight excluding hydrogens is 470 g/mol. The Morgan fingerprint density at radius 1 is 1.10 bits per heavy atom. The van der Waals surface area contributed by atoms with E-state index in [0.717, 1.165) is 10.0 Å². The van der Waals surface area contributed by atoms with Crippen LogP contribution in [0.15, 0.2) is 57.9 Å². The summed E-state index contributed by atoms with van der Waals surface area (Å²) in [5, 5.41) is 1.41. The molecule has 3 rings (SSSR count). The van der Waals surface area contributed by atoms with Gasteiger partial charge in [-0.05, 0) is 57.5 Å². The van der Waals surface area contributed by atoms with E-state index in [1.54, 1.807) is 57.2 Å². The number of alkyl carbamates (subject to hydrolysis) is 1. The lowest BCUT2D eigenvalue weighted by molar-refractivity contribution is -0.110. The lowest BCUT2D eigenvalue weighted by atomic mass is 10.1. The summed E-state index contributed by atoms with van der Waals surface area (Å²) in [6, 6.07) is 13.5. The Balaban J connectivity index is 2.04. The number of amides is 1. The molecule has 0 aliphatic heterocycles. The van der Waals surface area contributed by atoms with Crippen molar-refractivity contribution >= 4 is 38.1 Å². The molecule has 0 heterocycles. The van der Waals surface area contributed by atoms with Crippen LogP contribution in [0.2, 0.25) is 0 Å². The molecule has 0 radical (unpaired) electrons. The molecule has 1 saturated carbocycles. The molecule has 2 aromatic rings. The molecule has 1 aliphatic rings. The Hall–Kier alpha value is -2.19. The van der Waals surface area contributed by atoms with E-state index in [0.29, 0.717) is 11.8 Å². The number of sulfone groups is 1. The maximum Gasteiger partial charge on any atom is 0.408 e. The van der Waals surface area contributed by atoms with Crippen LogP contribution in [-0.2, 0) is 19.4 Å². The van der Waals surface area contributed by atoms with Crippen LogP contribution >= 0.6 is 15.9 Å². The smallest absolute Gasteiger partial charge is 0.408 e. The number of hydrogen-bond acceptors (Lipinski definition) is 5. The summed E-state index contributed by atoms with van der Waals surface area (Å²) in [6.07, 6.45) is -0.321. The number of aryl methyl sites for hydroxylation is 1. The van der Waals surface area contributed by atoms with Gasteiger partial charge in [-0.15, -0.1) is 0 Å². The van der Waals surface area contributed by atoms with Crippen LogP contribution in [0.25, 0.3) is 0 Å². The highest BCUT2D eigenvalue weighted by Crippen LogP contribution is 2.56. The van der Waals surface area contributed by atoms with Gasteiger partial charge in [0, 0.05) is 10.4 Å². The second kappa shape index (κ2) is 7.81. The topological polar surface area (TPSA) is 89.5 Å². The van der Waals surface area contributed by atoms with Crippen molar-refractivity contribution in [2.24, 2.45) is 0 Å². The number of nitrogens with one attached hydrogen (secondary N) is 1. The average molecular weight is 494 g/mol. The van der Waals surface area contributed by atoms with E-state index in [4.69, 9.17) is 4.74 Å². The van der Waals surface area contributed by atoms with E-state index in [1.165, 1.54) is 12.1 Å². The van der Waals surface area contributed by atoms with Crippen molar-refractivity contribution < 1.29 is 22.7 Å². The minimum atomic E-state index is -3.91. The largest absolute Gasteiger partial charge is 0.444 e. The summed E-state index contributed by atoms with van der Waals surface area (Å²) < 4.78 is 33.0. The van der Waals surface area contributed by atoms with Gasteiger partial charge in [0.25, 0.3) is 0 Å². The third-order valence-corrected chi connectivity index (χ3v) is 7.79. The van der Waals surface area contributed by atoms with Gasteiger partial charge in [-0.2, -0.15) is 0 Å².